The molecule has 8 heteroatoms. The van der Waals surface area contributed by atoms with Crippen molar-refractivity contribution in [1.82, 2.24) is 0 Å². The van der Waals surface area contributed by atoms with E-state index in [2.05, 4.69) is 10.3 Å². The van der Waals surface area contributed by atoms with Gasteiger partial charge in [0.1, 0.15) is 5.84 Å². The number of nitrogens with zero attached hydrogens (tertiary/aromatic N) is 3. The zero-order chi connectivity index (χ0) is 14.4. The molecular formula is C12H8N4O4. The van der Waals surface area contributed by atoms with Gasteiger partial charge in [0.25, 0.3) is 11.4 Å². The summed E-state index contributed by atoms with van der Waals surface area (Å²) < 4.78 is 0. The van der Waals surface area contributed by atoms with Crippen LogP contribution in [0.3, 0.4) is 0 Å². The van der Waals surface area contributed by atoms with E-state index in [4.69, 9.17) is 0 Å². The van der Waals surface area contributed by atoms with E-state index >= 15 is 0 Å². The Morgan fingerprint density at radius 1 is 1.05 bits per heavy atom. The van der Waals surface area contributed by atoms with Crippen LogP contribution in [0.1, 0.15) is 6.92 Å². The van der Waals surface area contributed by atoms with Crippen molar-refractivity contribution in [3.8, 4) is 0 Å². The molecule has 1 aliphatic heterocycles. The number of hydrogen-bond donors (Lipinski definition) is 1. The van der Waals surface area contributed by atoms with Gasteiger partial charge in [-0.2, -0.15) is 0 Å². The Hall–Kier alpha value is -3.03. The van der Waals surface area contributed by atoms with Crippen LogP contribution in [0.4, 0.5) is 22.7 Å². The summed E-state index contributed by atoms with van der Waals surface area (Å²) >= 11 is 0. The van der Waals surface area contributed by atoms with Gasteiger partial charge in [-0.05, 0) is 19.1 Å². The molecule has 100 valence electrons. The first kappa shape index (κ1) is 12.0. The highest BCUT2D eigenvalue weighted by Crippen LogP contribution is 2.44. The molecule has 20 heavy (non-hydrogen) atoms. The lowest BCUT2D eigenvalue weighted by molar-refractivity contribution is -0.384. The fourth-order valence-corrected chi connectivity index (χ4v) is 2.32. The number of non-ortho nitro benzene ring substituents is 1. The lowest BCUT2D eigenvalue weighted by atomic mass is 10.0. The molecule has 0 radical (unpaired) electrons. The SMILES string of the molecule is CC1=Nc2c([N+](=O)[O-])ccc3c([N+](=O)[O-])ccc(c23)N1. The number of amidine groups is 1. The summed E-state index contributed by atoms with van der Waals surface area (Å²) in [6, 6.07) is 5.54. The maximum absolute atomic E-state index is 11.1. The Morgan fingerprint density at radius 2 is 1.70 bits per heavy atom. The van der Waals surface area contributed by atoms with Crippen molar-refractivity contribution >= 4 is 39.4 Å². The minimum absolute atomic E-state index is 0.101. The van der Waals surface area contributed by atoms with Gasteiger partial charge in [-0.3, -0.25) is 20.2 Å². The van der Waals surface area contributed by atoms with Gasteiger partial charge in [0.05, 0.1) is 20.9 Å². The summed E-state index contributed by atoms with van der Waals surface area (Å²) in [7, 11) is 0. The molecule has 3 rings (SSSR count). The second-order valence-electron chi connectivity index (χ2n) is 4.32. The molecule has 0 bridgehead atoms. The standard InChI is InChI=1S/C12H8N4O4/c1-6-13-8-3-5-9(15(17)18)7-2-4-10(16(19)20)12(14-6)11(7)8/h2-5H,1H3,(H,13,14). The summed E-state index contributed by atoms with van der Waals surface area (Å²) in [6.07, 6.45) is 0. The molecule has 0 saturated heterocycles. The summed E-state index contributed by atoms with van der Waals surface area (Å²) in [4.78, 5) is 25.2. The number of benzene rings is 2. The molecule has 2 aromatic carbocycles. The van der Waals surface area contributed by atoms with E-state index in [-0.39, 0.29) is 17.1 Å². The van der Waals surface area contributed by atoms with Crippen LogP contribution in [-0.2, 0) is 0 Å². The highest BCUT2D eigenvalue weighted by molar-refractivity contribution is 6.17. The molecule has 8 nitrogen and oxygen atoms in total. The third-order valence-electron chi connectivity index (χ3n) is 3.10. The molecule has 1 N–H and O–H groups in total. The van der Waals surface area contributed by atoms with Gasteiger partial charge in [-0.25, -0.2) is 4.99 Å². The normalized spacial score (nSPS) is 12.8. The van der Waals surface area contributed by atoms with Gasteiger partial charge in [-0.1, -0.05) is 0 Å². The van der Waals surface area contributed by atoms with Crippen LogP contribution in [0.25, 0.3) is 10.8 Å². The molecule has 1 aliphatic rings. The lowest BCUT2D eigenvalue weighted by Crippen LogP contribution is -2.11. The average Bonchev–Trinajstić information content (AvgIpc) is 2.37. The van der Waals surface area contributed by atoms with E-state index in [9.17, 15) is 20.2 Å². The zero-order valence-corrected chi connectivity index (χ0v) is 10.3. The Kier molecular flexibility index (Phi) is 2.40. The highest BCUT2D eigenvalue weighted by Gasteiger charge is 2.26. The van der Waals surface area contributed by atoms with Gasteiger partial charge in [0.2, 0.25) is 0 Å². The molecule has 0 aliphatic carbocycles. The Labute approximate surface area is 112 Å². The summed E-state index contributed by atoms with van der Waals surface area (Å²) in [5.41, 5.74) is 0.468. The van der Waals surface area contributed by atoms with Crippen molar-refractivity contribution in [2.75, 3.05) is 5.32 Å². The van der Waals surface area contributed by atoms with E-state index in [0.717, 1.165) is 0 Å². The third-order valence-corrected chi connectivity index (χ3v) is 3.10. The minimum Gasteiger partial charge on any atom is -0.343 e. The lowest BCUT2D eigenvalue weighted by Gasteiger charge is -2.16. The van der Waals surface area contributed by atoms with Crippen LogP contribution in [-0.4, -0.2) is 15.7 Å². The zero-order valence-electron chi connectivity index (χ0n) is 10.3. The number of aliphatic imine (C=N–C) groups is 1. The van der Waals surface area contributed by atoms with Gasteiger partial charge < -0.3 is 5.32 Å². The Morgan fingerprint density at radius 3 is 2.35 bits per heavy atom. The van der Waals surface area contributed by atoms with Crippen molar-refractivity contribution in [3.05, 3.63) is 44.5 Å². The predicted octanol–water partition coefficient (Wildman–Crippen LogP) is 3.13. The van der Waals surface area contributed by atoms with Gasteiger partial charge >= 0.3 is 0 Å². The van der Waals surface area contributed by atoms with Crippen molar-refractivity contribution in [3.63, 3.8) is 0 Å². The van der Waals surface area contributed by atoms with Crippen molar-refractivity contribution in [2.24, 2.45) is 4.99 Å². The predicted molar refractivity (Wildman–Crippen MR) is 73.6 cm³/mol. The third kappa shape index (κ3) is 1.58. The molecule has 0 atom stereocenters. The van der Waals surface area contributed by atoms with Gasteiger partial charge in [0.15, 0.2) is 5.69 Å². The van der Waals surface area contributed by atoms with Crippen LogP contribution >= 0.6 is 0 Å². The molecule has 0 spiro atoms. The summed E-state index contributed by atoms with van der Waals surface area (Å²) in [5.74, 6) is 0.502. The van der Waals surface area contributed by atoms with E-state index in [1.807, 2.05) is 0 Å². The topological polar surface area (TPSA) is 111 Å². The minimum atomic E-state index is -0.542. The average molecular weight is 272 g/mol. The largest absolute Gasteiger partial charge is 0.343 e. The highest BCUT2D eigenvalue weighted by atomic mass is 16.6. The van der Waals surface area contributed by atoms with Crippen LogP contribution in [0.2, 0.25) is 0 Å². The van der Waals surface area contributed by atoms with Crippen LogP contribution < -0.4 is 5.32 Å². The first-order valence-corrected chi connectivity index (χ1v) is 5.70. The molecule has 2 aromatic rings. The van der Waals surface area contributed by atoms with Crippen molar-refractivity contribution in [2.45, 2.75) is 6.92 Å². The smallest absolute Gasteiger partial charge is 0.295 e. The maximum atomic E-state index is 11.1. The molecule has 0 aromatic heterocycles. The molecular weight excluding hydrogens is 264 g/mol. The van der Waals surface area contributed by atoms with Crippen LogP contribution in [0.5, 0.6) is 0 Å². The molecule has 0 saturated carbocycles. The van der Waals surface area contributed by atoms with Crippen LogP contribution in [0, 0.1) is 20.2 Å². The Bertz CT molecular complexity index is 813. The first-order valence-electron chi connectivity index (χ1n) is 5.70. The molecule has 0 amide bonds. The van der Waals surface area contributed by atoms with Crippen molar-refractivity contribution in [1.29, 1.82) is 0 Å². The fraction of sp³-hybridized carbons (Fsp3) is 0.0833. The molecule has 0 unspecified atom stereocenters. The van der Waals surface area contributed by atoms with E-state index in [0.29, 0.717) is 22.3 Å². The number of hydrogen-bond acceptors (Lipinski definition) is 6. The summed E-state index contributed by atoms with van der Waals surface area (Å²) in [5, 5.41) is 25.8. The second-order valence-corrected chi connectivity index (χ2v) is 4.32. The van der Waals surface area contributed by atoms with Crippen molar-refractivity contribution < 1.29 is 9.85 Å². The number of rotatable bonds is 2. The monoisotopic (exact) mass is 272 g/mol. The van der Waals surface area contributed by atoms with Gasteiger partial charge in [0, 0.05) is 17.5 Å². The second kappa shape index (κ2) is 3.98. The fourth-order valence-electron chi connectivity index (χ4n) is 2.32. The first-order chi connectivity index (χ1) is 9.49. The number of nitrogens with one attached hydrogen (secondary N) is 1. The number of nitro groups is 2. The number of anilines is 1. The maximum Gasteiger partial charge on any atom is 0.295 e. The molecule has 1 heterocycles. The van der Waals surface area contributed by atoms with E-state index < -0.39 is 9.85 Å². The van der Waals surface area contributed by atoms with E-state index in [1.165, 1.54) is 24.3 Å². The van der Waals surface area contributed by atoms with E-state index in [1.54, 1.807) is 6.92 Å². The van der Waals surface area contributed by atoms with Gasteiger partial charge in [-0.15, -0.1) is 0 Å². The summed E-state index contributed by atoms with van der Waals surface area (Å²) in [6.45, 7) is 1.67. The Balaban J connectivity index is 2.49. The quantitative estimate of drug-likeness (QED) is 0.666. The van der Waals surface area contributed by atoms with Crippen LogP contribution in [0.15, 0.2) is 29.3 Å². The number of nitro benzene ring substituents is 2. The molecule has 0 fully saturated rings.